The summed E-state index contributed by atoms with van der Waals surface area (Å²) in [5, 5.41) is 11.8. The van der Waals surface area contributed by atoms with Gasteiger partial charge in [-0.2, -0.15) is 0 Å². The van der Waals surface area contributed by atoms with Gasteiger partial charge in [-0.15, -0.1) is 0 Å². The standard InChI is InChI=1S/C8H13N3O/c1-7(5-12)11-4-8-2-9-6-10-3-8/h2-3,6-7,11-12H,4-5H2,1H3. The summed E-state index contributed by atoms with van der Waals surface area (Å²) in [5.74, 6) is 0. The van der Waals surface area contributed by atoms with Gasteiger partial charge in [0.2, 0.25) is 0 Å². The van der Waals surface area contributed by atoms with Gasteiger partial charge in [0, 0.05) is 30.5 Å². The molecule has 1 aromatic heterocycles. The highest BCUT2D eigenvalue weighted by Gasteiger charge is 1.98. The van der Waals surface area contributed by atoms with Gasteiger partial charge in [-0.1, -0.05) is 0 Å². The molecule has 1 unspecified atom stereocenters. The molecule has 0 bridgehead atoms. The van der Waals surface area contributed by atoms with Crippen LogP contribution < -0.4 is 5.32 Å². The fourth-order valence-corrected chi connectivity index (χ4v) is 0.778. The third-order valence-electron chi connectivity index (χ3n) is 1.54. The molecule has 0 saturated carbocycles. The van der Waals surface area contributed by atoms with Gasteiger partial charge in [0.25, 0.3) is 0 Å². The molecule has 1 aromatic rings. The SMILES string of the molecule is CC(CO)NCc1cncnc1. The Morgan fingerprint density at radius 2 is 2.17 bits per heavy atom. The molecule has 0 saturated heterocycles. The lowest BCUT2D eigenvalue weighted by Crippen LogP contribution is -2.28. The molecule has 1 heterocycles. The molecule has 12 heavy (non-hydrogen) atoms. The molecule has 1 rings (SSSR count). The summed E-state index contributed by atoms with van der Waals surface area (Å²) in [4.78, 5) is 7.75. The van der Waals surface area contributed by atoms with Gasteiger partial charge >= 0.3 is 0 Å². The first-order chi connectivity index (χ1) is 5.83. The van der Waals surface area contributed by atoms with Crippen molar-refractivity contribution in [3.05, 3.63) is 24.3 Å². The molecular weight excluding hydrogens is 154 g/mol. The van der Waals surface area contributed by atoms with E-state index in [0.717, 1.165) is 5.56 Å². The van der Waals surface area contributed by atoms with Crippen molar-refractivity contribution in [3.63, 3.8) is 0 Å². The third-order valence-corrected chi connectivity index (χ3v) is 1.54. The number of aromatic nitrogens is 2. The van der Waals surface area contributed by atoms with Gasteiger partial charge in [0.1, 0.15) is 6.33 Å². The number of hydrogen-bond acceptors (Lipinski definition) is 4. The zero-order valence-corrected chi connectivity index (χ0v) is 7.07. The first-order valence-electron chi connectivity index (χ1n) is 3.91. The second-order valence-electron chi connectivity index (χ2n) is 2.71. The normalized spacial score (nSPS) is 12.8. The summed E-state index contributed by atoms with van der Waals surface area (Å²) < 4.78 is 0. The molecule has 0 spiro atoms. The fourth-order valence-electron chi connectivity index (χ4n) is 0.778. The average Bonchev–Trinajstić information content (AvgIpc) is 2.16. The Balaban J connectivity index is 2.33. The Labute approximate surface area is 71.7 Å². The predicted octanol–water partition coefficient (Wildman–Crippen LogP) is -0.0530. The minimum atomic E-state index is 0.116. The fraction of sp³-hybridized carbons (Fsp3) is 0.500. The number of nitrogens with one attached hydrogen (secondary N) is 1. The minimum absolute atomic E-state index is 0.116. The molecule has 4 heteroatoms. The Kier molecular flexibility index (Phi) is 3.63. The van der Waals surface area contributed by atoms with Crippen molar-refractivity contribution in [2.24, 2.45) is 0 Å². The van der Waals surface area contributed by atoms with Crippen LogP contribution in [0, 0.1) is 0 Å². The van der Waals surface area contributed by atoms with Crippen molar-refractivity contribution in [3.8, 4) is 0 Å². The van der Waals surface area contributed by atoms with Crippen molar-refractivity contribution in [1.82, 2.24) is 15.3 Å². The highest BCUT2D eigenvalue weighted by molar-refractivity contribution is 5.01. The van der Waals surface area contributed by atoms with Crippen molar-refractivity contribution in [2.75, 3.05) is 6.61 Å². The van der Waals surface area contributed by atoms with Gasteiger partial charge in [-0.05, 0) is 6.92 Å². The molecule has 0 aliphatic carbocycles. The minimum Gasteiger partial charge on any atom is -0.395 e. The second-order valence-corrected chi connectivity index (χ2v) is 2.71. The second kappa shape index (κ2) is 4.79. The molecule has 66 valence electrons. The van der Waals surface area contributed by atoms with Crippen LogP contribution in [0.2, 0.25) is 0 Å². The lowest BCUT2D eigenvalue weighted by Gasteiger charge is -2.09. The molecule has 2 N–H and O–H groups in total. The zero-order valence-electron chi connectivity index (χ0n) is 7.07. The van der Waals surface area contributed by atoms with E-state index in [0.29, 0.717) is 6.54 Å². The van der Waals surface area contributed by atoms with Crippen molar-refractivity contribution in [1.29, 1.82) is 0 Å². The third kappa shape index (κ3) is 2.94. The van der Waals surface area contributed by atoms with Crippen LogP contribution in [-0.4, -0.2) is 27.7 Å². The van der Waals surface area contributed by atoms with Crippen LogP contribution in [-0.2, 0) is 6.54 Å². The van der Waals surface area contributed by atoms with Crippen LogP contribution in [0.25, 0.3) is 0 Å². The summed E-state index contributed by atoms with van der Waals surface area (Å²) in [6.07, 6.45) is 5.01. The summed E-state index contributed by atoms with van der Waals surface area (Å²) in [5.41, 5.74) is 1.03. The van der Waals surface area contributed by atoms with E-state index in [-0.39, 0.29) is 12.6 Å². The number of nitrogens with zero attached hydrogens (tertiary/aromatic N) is 2. The molecule has 0 aliphatic heterocycles. The maximum Gasteiger partial charge on any atom is 0.115 e. The molecule has 0 aliphatic rings. The smallest absolute Gasteiger partial charge is 0.115 e. The van der Waals surface area contributed by atoms with Gasteiger partial charge in [-0.25, -0.2) is 9.97 Å². The van der Waals surface area contributed by atoms with Crippen molar-refractivity contribution < 1.29 is 5.11 Å². The highest BCUT2D eigenvalue weighted by Crippen LogP contribution is 1.92. The van der Waals surface area contributed by atoms with Gasteiger partial charge in [0.15, 0.2) is 0 Å². The Hall–Kier alpha value is -1.00. The first kappa shape index (κ1) is 9.09. The van der Waals surface area contributed by atoms with E-state index in [1.54, 1.807) is 12.4 Å². The predicted molar refractivity (Wildman–Crippen MR) is 45.4 cm³/mol. The van der Waals surface area contributed by atoms with Gasteiger partial charge in [0.05, 0.1) is 6.61 Å². The van der Waals surface area contributed by atoms with E-state index < -0.39 is 0 Å². The molecule has 0 aromatic carbocycles. The number of aliphatic hydroxyl groups excluding tert-OH is 1. The summed E-state index contributed by atoms with van der Waals surface area (Å²) in [6.45, 7) is 2.76. The van der Waals surface area contributed by atoms with Crippen molar-refractivity contribution >= 4 is 0 Å². The highest BCUT2D eigenvalue weighted by atomic mass is 16.3. The van der Waals surface area contributed by atoms with E-state index in [2.05, 4.69) is 15.3 Å². The van der Waals surface area contributed by atoms with E-state index in [1.807, 2.05) is 6.92 Å². The van der Waals surface area contributed by atoms with E-state index in [1.165, 1.54) is 6.33 Å². The Morgan fingerprint density at radius 1 is 1.50 bits per heavy atom. The Bertz CT molecular complexity index is 215. The van der Waals surface area contributed by atoms with Crippen molar-refractivity contribution in [2.45, 2.75) is 19.5 Å². The van der Waals surface area contributed by atoms with Crippen LogP contribution in [0.1, 0.15) is 12.5 Å². The number of hydrogen-bond donors (Lipinski definition) is 2. The van der Waals surface area contributed by atoms with Crippen LogP contribution in [0.5, 0.6) is 0 Å². The average molecular weight is 167 g/mol. The summed E-state index contributed by atoms with van der Waals surface area (Å²) in [7, 11) is 0. The molecular formula is C8H13N3O. The number of rotatable bonds is 4. The van der Waals surface area contributed by atoms with Crippen LogP contribution >= 0.6 is 0 Å². The van der Waals surface area contributed by atoms with Gasteiger partial charge < -0.3 is 10.4 Å². The first-order valence-corrected chi connectivity index (χ1v) is 3.91. The molecule has 0 fully saturated rings. The zero-order chi connectivity index (χ0) is 8.81. The maximum absolute atomic E-state index is 8.72. The Morgan fingerprint density at radius 3 is 2.75 bits per heavy atom. The lowest BCUT2D eigenvalue weighted by atomic mass is 10.3. The quantitative estimate of drug-likeness (QED) is 0.660. The van der Waals surface area contributed by atoms with E-state index >= 15 is 0 Å². The lowest BCUT2D eigenvalue weighted by molar-refractivity contribution is 0.251. The maximum atomic E-state index is 8.72. The molecule has 0 radical (unpaired) electrons. The van der Waals surface area contributed by atoms with Crippen LogP contribution in [0.15, 0.2) is 18.7 Å². The van der Waals surface area contributed by atoms with Gasteiger partial charge in [-0.3, -0.25) is 0 Å². The van der Waals surface area contributed by atoms with Crippen LogP contribution in [0.3, 0.4) is 0 Å². The van der Waals surface area contributed by atoms with E-state index in [9.17, 15) is 0 Å². The largest absolute Gasteiger partial charge is 0.395 e. The number of aliphatic hydroxyl groups is 1. The molecule has 1 atom stereocenters. The monoisotopic (exact) mass is 167 g/mol. The topological polar surface area (TPSA) is 58.0 Å². The summed E-state index contributed by atoms with van der Waals surface area (Å²) in [6, 6.07) is 0.116. The molecule has 4 nitrogen and oxygen atoms in total. The molecule has 0 amide bonds. The van der Waals surface area contributed by atoms with E-state index in [4.69, 9.17) is 5.11 Å². The van der Waals surface area contributed by atoms with Crippen LogP contribution in [0.4, 0.5) is 0 Å². The summed E-state index contributed by atoms with van der Waals surface area (Å²) >= 11 is 0.